The van der Waals surface area contributed by atoms with Crippen molar-refractivity contribution < 1.29 is 26.5 Å². The summed E-state index contributed by atoms with van der Waals surface area (Å²) in [5, 5.41) is 11.1. The van der Waals surface area contributed by atoms with E-state index < -0.39 is 37.3 Å². The number of alkyl halides is 3. The summed E-state index contributed by atoms with van der Waals surface area (Å²) < 4.78 is 65.5. The number of nitrogens with zero attached hydrogens (tertiary/aromatic N) is 2. The number of nitrogens with one attached hydrogen (secondary N) is 1. The van der Waals surface area contributed by atoms with E-state index in [1.807, 2.05) is 12.1 Å². The third-order valence-electron chi connectivity index (χ3n) is 5.43. The highest BCUT2D eigenvalue weighted by molar-refractivity contribution is 7.89. The lowest BCUT2D eigenvalue weighted by Gasteiger charge is -2.28. The second-order valence-corrected chi connectivity index (χ2v) is 9.43. The number of benzene rings is 2. The van der Waals surface area contributed by atoms with Gasteiger partial charge in [-0.2, -0.15) is 13.2 Å². The van der Waals surface area contributed by atoms with Crippen molar-refractivity contribution in [3.63, 3.8) is 0 Å². The predicted molar refractivity (Wildman–Crippen MR) is 120 cm³/mol. The van der Waals surface area contributed by atoms with Gasteiger partial charge in [0.2, 0.25) is 10.0 Å². The molecule has 0 atom stereocenters. The van der Waals surface area contributed by atoms with Crippen LogP contribution in [0.25, 0.3) is 0 Å². The molecule has 0 saturated heterocycles. The molecule has 7 nitrogen and oxygen atoms in total. The van der Waals surface area contributed by atoms with E-state index in [2.05, 4.69) is 21.8 Å². The zero-order valence-electron chi connectivity index (χ0n) is 17.7. The normalized spacial score (nSPS) is 14.4. The smallest absolute Gasteiger partial charge is 0.299 e. The highest BCUT2D eigenvalue weighted by Crippen LogP contribution is 2.34. The van der Waals surface area contributed by atoms with Gasteiger partial charge in [0.15, 0.2) is 4.90 Å². The quantitative estimate of drug-likeness (QED) is 0.305. The van der Waals surface area contributed by atoms with Crippen LogP contribution in [0.1, 0.15) is 36.0 Å². The zero-order valence-corrected chi connectivity index (χ0v) is 19.3. The second-order valence-electron chi connectivity index (χ2n) is 7.69. The van der Waals surface area contributed by atoms with Crippen LogP contribution < -0.4 is 4.72 Å². The molecule has 0 fully saturated rings. The van der Waals surface area contributed by atoms with Crippen LogP contribution >= 0.6 is 12.4 Å². The number of hydrogen-bond donors (Lipinski definition) is 1. The van der Waals surface area contributed by atoms with Gasteiger partial charge in [-0.1, -0.05) is 30.7 Å². The number of sulfonamides is 1. The van der Waals surface area contributed by atoms with Crippen molar-refractivity contribution in [3.8, 4) is 0 Å². The average Bonchev–Trinajstić information content (AvgIpc) is 2.75. The molecule has 3 rings (SSSR count). The molecule has 1 N–H and O–H groups in total. The van der Waals surface area contributed by atoms with Gasteiger partial charge in [-0.05, 0) is 49.1 Å². The summed E-state index contributed by atoms with van der Waals surface area (Å²) in [6.45, 7) is 2.79. The van der Waals surface area contributed by atoms with Crippen LogP contribution in [0.3, 0.4) is 0 Å². The highest BCUT2D eigenvalue weighted by Gasteiger charge is 2.35. The first-order valence-corrected chi connectivity index (χ1v) is 11.7. The van der Waals surface area contributed by atoms with Crippen LogP contribution in [0.2, 0.25) is 0 Å². The summed E-state index contributed by atoms with van der Waals surface area (Å²) in [5.74, 6) is 0. The van der Waals surface area contributed by atoms with Crippen molar-refractivity contribution in [1.82, 2.24) is 9.62 Å². The van der Waals surface area contributed by atoms with Gasteiger partial charge >= 0.3 is 6.18 Å². The van der Waals surface area contributed by atoms with E-state index >= 15 is 0 Å². The Morgan fingerprint density at radius 2 is 1.76 bits per heavy atom. The first-order valence-electron chi connectivity index (χ1n) is 10.2. The van der Waals surface area contributed by atoms with Crippen molar-refractivity contribution in [1.29, 1.82) is 0 Å². The molecule has 0 aromatic heterocycles. The van der Waals surface area contributed by atoms with Gasteiger partial charge in [-0.25, -0.2) is 13.1 Å². The molecule has 0 aliphatic carbocycles. The summed E-state index contributed by atoms with van der Waals surface area (Å²) in [7, 11) is -4.31. The maximum Gasteiger partial charge on any atom is 0.416 e. The van der Waals surface area contributed by atoms with Crippen LogP contribution in [0.15, 0.2) is 47.4 Å². The lowest BCUT2D eigenvalue weighted by atomic mass is 10.00. The molecule has 2 aromatic rings. The van der Waals surface area contributed by atoms with Crippen molar-refractivity contribution >= 4 is 28.1 Å². The van der Waals surface area contributed by atoms with Crippen LogP contribution in [0.4, 0.5) is 18.9 Å². The SMILES string of the molecule is Cl.O=[N+]([O-])c1cc(C(F)(F)F)ccc1S(=O)(=O)NCCCCCN1CCc2ccccc2C1. The lowest BCUT2D eigenvalue weighted by molar-refractivity contribution is -0.388. The monoisotopic (exact) mass is 507 g/mol. The molecule has 2 aromatic carbocycles. The van der Waals surface area contributed by atoms with Crippen molar-refractivity contribution in [2.45, 2.75) is 43.3 Å². The Hall–Kier alpha value is -2.21. The van der Waals surface area contributed by atoms with Crippen LogP contribution in [-0.2, 0) is 29.2 Å². The molecule has 0 unspecified atom stereocenters. The van der Waals surface area contributed by atoms with Crippen LogP contribution in [0.5, 0.6) is 0 Å². The van der Waals surface area contributed by atoms with Gasteiger partial charge in [0, 0.05) is 25.7 Å². The average molecular weight is 508 g/mol. The fourth-order valence-corrected chi connectivity index (χ4v) is 4.95. The first-order chi connectivity index (χ1) is 15.1. The minimum Gasteiger partial charge on any atom is -0.299 e. The van der Waals surface area contributed by atoms with E-state index in [0.29, 0.717) is 18.6 Å². The summed E-state index contributed by atoms with van der Waals surface area (Å²) in [6, 6.07) is 9.71. The third-order valence-corrected chi connectivity index (χ3v) is 6.93. The number of rotatable bonds is 9. The Balaban J connectivity index is 0.00000385. The molecule has 0 spiro atoms. The minimum absolute atomic E-state index is 0. The molecular weight excluding hydrogens is 483 g/mol. The number of hydrogen-bond acceptors (Lipinski definition) is 5. The standard InChI is InChI=1S/C21H24F3N3O4S.ClH/c22-21(23,24)18-8-9-20(19(14-18)27(28)29)32(30,31)25-11-4-1-5-12-26-13-10-16-6-2-3-7-17(16)15-26;/h2-3,6-9,14,25H,1,4-5,10-13,15H2;1H. The van der Waals surface area contributed by atoms with Gasteiger partial charge in [-0.3, -0.25) is 15.0 Å². The fraction of sp³-hybridized carbons (Fsp3) is 0.429. The van der Waals surface area contributed by atoms with E-state index in [9.17, 15) is 31.7 Å². The first kappa shape index (κ1) is 27.0. The number of fused-ring (bicyclic) bond motifs is 1. The largest absolute Gasteiger partial charge is 0.416 e. The molecule has 12 heteroatoms. The maximum atomic E-state index is 12.8. The molecule has 0 amide bonds. The van der Waals surface area contributed by atoms with E-state index in [0.717, 1.165) is 38.9 Å². The minimum atomic E-state index is -4.81. The van der Waals surface area contributed by atoms with E-state index in [1.54, 1.807) is 0 Å². The number of unbranched alkanes of at least 4 members (excludes halogenated alkanes) is 2. The van der Waals surface area contributed by atoms with Gasteiger partial charge in [-0.15, -0.1) is 12.4 Å². The molecule has 0 saturated carbocycles. The number of nitro benzene ring substituents is 1. The fourth-order valence-electron chi connectivity index (χ4n) is 3.73. The molecule has 1 heterocycles. The van der Waals surface area contributed by atoms with E-state index in [1.165, 1.54) is 11.1 Å². The Morgan fingerprint density at radius 3 is 2.42 bits per heavy atom. The topological polar surface area (TPSA) is 92.5 Å². The van der Waals surface area contributed by atoms with Crippen molar-refractivity contribution in [2.24, 2.45) is 0 Å². The van der Waals surface area contributed by atoms with Gasteiger partial charge in [0.05, 0.1) is 10.5 Å². The van der Waals surface area contributed by atoms with Crippen LogP contribution in [0, 0.1) is 10.1 Å². The van der Waals surface area contributed by atoms with Gasteiger partial charge in [0.25, 0.3) is 5.69 Å². The molecule has 0 radical (unpaired) electrons. The van der Waals surface area contributed by atoms with Crippen molar-refractivity contribution in [3.05, 3.63) is 69.3 Å². The summed E-state index contributed by atoms with van der Waals surface area (Å²) in [5.41, 5.74) is 0.321. The third kappa shape index (κ3) is 7.13. The van der Waals surface area contributed by atoms with Gasteiger partial charge in [0.1, 0.15) is 0 Å². The molecule has 1 aliphatic heterocycles. The molecule has 182 valence electrons. The van der Waals surface area contributed by atoms with Crippen molar-refractivity contribution in [2.75, 3.05) is 19.6 Å². The van der Waals surface area contributed by atoms with Gasteiger partial charge < -0.3 is 0 Å². The summed E-state index contributed by atoms with van der Waals surface area (Å²) >= 11 is 0. The summed E-state index contributed by atoms with van der Waals surface area (Å²) in [6.07, 6.45) is -1.68. The molecule has 0 bridgehead atoms. The lowest BCUT2D eigenvalue weighted by Crippen LogP contribution is -2.31. The molecule has 33 heavy (non-hydrogen) atoms. The maximum absolute atomic E-state index is 12.8. The molecule has 1 aliphatic rings. The Kier molecular flexibility index (Phi) is 9.24. The van der Waals surface area contributed by atoms with E-state index in [4.69, 9.17) is 0 Å². The summed E-state index contributed by atoms with van der Waals surface area (Å²) in [4.78, 5) is 11.6. The number of halogens is 4. The molecular formula is C21H25ClF3N3O4S. The zero-order chi connectivity index (χ0) is 23.4. The van der Waals surface area contributed by atoms with E-state index in [-0.39, 0.29) is 25.0 Å². The second kappa shape index (κ2) is 11.3. The highest BCUT2D eigenvalue weighted by atomic mass is 35.5. The Labute approximate surface area is 196 Å². The Morgan fingerprint density at radius 1 is 1.06 bits per heavy atom. The van der Waals surface area contributed by atoms with Crippen LogP contribution in [-0.4, -0.2) is 37.9 Å². The Bertz CT molecular complexity index is 1080. The number of nitro groups is 1. The predicted octanol–water partition coefficient (Wildman–Crippen LogP) is 4.54.